The van der Waals surface area contributed by atoms with E-state index in [9.17, 15) is 8.42 Å². The van der Waals surface area contributed by atoms with Gasteiger partial charge in [-0.05, 0) is 30.5 Å². The fraction of sp³-hybridized carbons (Fsp3) is 0.190. The average molecular weight is 379 g/mol. The maximum absolute atomic E-state index is 12.9. The maximum Gasteiger partial charge on any atom is 0.208 e. The molecule has 5 nitrogen and oxygen atoms in total. The summed E-state index contributed by atoms with van der Waals surface area (Å²) in [5.41, 5.74) is 1.87. The Balaban J connectivity index is 1.72. The van der Waals surface area contributed by atoms with E-state index in [-0.39, 0.29) is 9.79 Å². The molecule has 1 aliphatic heterocycles. The van der Waals surface area contributed by atoms with Gasteiger partial charge >= 0.3 is 0 Å². The van der Waals surface area contributed by atoms with Gasteiger partial charge in [-0.25, -0.2) is 8.42 Å². The zero-order chi connectivity index (χ0) is 18.9. The van der Waals surface area contributed by atoms with Gasteiger partial charge in [0.25, 0.3) is 0 Å². The molecule has 138 valence electrons. The van der Waals surface area contributed by atoms with Crippen LogP contribution in [0.3, 0.4) is 0 Å². The fourth-order valence-electron chi connectivity index (χ4n) is 3.41. The molecule has 0 amide bonds. The number of benzene rings is 2. The molecule has 1 aromatic heterocycles. The SMILES string of the molecule is C=CN1CCN(c2cccc3cc(S(=O)(=O)c4ccccc4)cnc23)CC1. The lowest BCUT2D eigenvalue weighted by Crippen LogP contribution is -2.44. The van der Waals surface area contributed by atoms with E-state index in [1.54, 1.807) is 36.4 Å². The molecule has 1 fully saturated rings. The van der Waals surface area contributed by atoms with E-state index in [2.05, 4.69) is 21.4 Å². The van der Waals surface area contributed by atoms with Crippen molar-refractivity contribution in [3.05, 3.63) is 73.6 Å². The number of fused-ring (bicyclic) bond motifs is 1. The van der Waals surface area contributed by atoms with Gasteiger partial charge in [-0.3, -0.25) is 4.98 Å². The highest BCUT2D eigenvalue weighted by molar-refractivity contribution is 7.91. The lowest BCUT2D eigenvalue weighted by Gasteiger charge is -2.35. The lowest BCUT2D eigenvalue weighted by atomic mass is 10.1. The quantitative estimate of drug-likeness (QED) is 0.696. The largest absolute Gasteiger partial charge is 0.374 e. The van der Waals surface area contributed by atoms with Crippen molar-refractivity contribution in [1.29, 1.82) is 0 Å². The van der Waals surface area contributed by atoms with E-state index in [0.29, 0.717) is 0 Å². The van der Waals surface area contributed by atoms with Gasteiger partial charge in [-0.15, -0.1) is 0 Å². The highest BCUT2D eigenvalue weighted by Crippen LogP contribution is 2.29. The number of piperazine rings is 1. The third kappa shape index (κ3) is 3.28. The van der Waals surface area contributed by atoms with Gasteiger partial charge in [0.05, 0.1) is 21.0 Å². The summed E-state index contributed by atoms with van der Waals surface area (Å²) in [6, 6.07) is 16.1. The second-order valence-corrected chi connectivity index (χ2v) is 8.49. The number of pyridine rings is 1. The van der Waals surface area contributed by atoms with Crippen LogP contribution in [0.4, 0.5) is 5.69 Å². The van der Waals surface area contributed by atoms with Gasteiger partial charge in [-0.2, -0.15) is 0 Å². The highest BCUT2D eigenvalue weighted by Gasteiger charge is 2.21. The molecule has 0 atom stereocenters. The molecule has 0 radical (unpaired) electrons. The smallest absolute Gasteiger partial charge is 0.208 e. The number of anilines is 1. The number of sulfone groups is 1. The molecular formula is C21H21N3O2S. The van der Waals surface area contributed by atoms with E-state index in [1.807, 2.05) is 24.4 Å². The number of nitrogens with zero attached hydrogens (tertiary/aromatic N) is 3. The summed E-state index contributed by atoms with van der Waals surface area (Å²) in [5, 5.41) is 0.829. The molecular weight excluding hydrogens is 358 g/mol. The van der Waals surface area contributed by atoms with Crippen molar-refractivity contribution in [1.82, 2.24) is 9.88 Å². The standard InChI is InChI=1S/C21H21N3O2S/c1-2-23-11-13-24(14-12-23)20-10-6-7-17-15-19(16-22-21(17)20)27(25,26)18-8-4-3-5-9-18/h2-10,15-16H,1,11-14H2. The average Bonchev–Trinajstić information content (AvgIpc) is 2.73. The van der Waals surface area contributed by atoms with E-state index in [0.717, 1.165) is 42.8 Å². The summed E-state index contributed by atoms with van der Waals surface area (Å²) < 4.78 is 25.7. The summed E-state index contributed by atoms with van der Waals surface area (Å²) in [7, 11) is -3.57. The van der Waals surface area contributed by atoms with Crippen molar-refractivity contribution < 1.29 is 8.42 Å². The summed E-state index contributed by atoms with van der Waals surface area (Å²) in [4.78, 5) is 9.52. The molecule has 0 spiro atoms. The first-order valence-corrected chi connectivity index (χ1v) is 10.4. The molecule has 1 aliphatic rings. The normalized spacial score (nSPS) is 15.1. The van der Waals surface area contributed by atoms with Gasteiger partial charge in [-0.1, -0.05) is 36.9 Å². The molecule has 6 heteroatoms. The Hall–Kier alpha value is -2.86. The molecule has 2 heterocycles. The van der Waals surface area contributed by atoms with Gasteiger partial charge in [0.1, 0.15) is 0 Å². The molecule has 3 aromatic rings. The van der Waals surface area contributed by atoms with Crippen LogP contribution in [0.2, 0.25) is 0 Å². The minimum atomic E-state index is -3.57. The minimum absolute atomic E-state index is 0.217. The Morgan fingerprint density at radius 3 is 2.37 bits per heavy atom. The summed E-state index contributed by atoms with van der Waals surface area (Å²) >= 11 is 0. The predicted octanol–water partition coefficient (Wildman–Crippen LogP) is 3.33. The zero-order valence-electron chi connectivity index (χ0n) is 15.0. The van der Waals surface area contributed by atoms with Gasteiger partial charge in [0.15, 0.2) is 0 Å². The van der Waals surface area contributed by atoms with Crippen LogP contribution in [0.25, 0.3) is 10.9 Å². The molecule has 0 aliphatic carbocycles. The Kier molecular flexibility index (Phi) is 4.58. The summed E-state index contributed by atoms with van der Waals surface area (Å²) in [6.07, 6.45) is 3.34. The molecule has 27 heavy (non-hydrogen) atoms. The Morgan fingerprint density at radius 2 is 1.67 bits per heavy atom. The number of rotatable bonds is 4. The molecule has 2 aromatic carbocycles. The van der Waals surface area contributed by atoms with Crippen LogP contribution in [-0.2, 0) is 9.84 Å². The number of hydrogen-bond donors (Lipinski definition) is 0. The minimum Gasteiger partial charge on any atom is -0.374 e. The molecule has 4 rings (SSSR count). The summed E-state index contributed by atoms with van der Waals surface area (Å²) in [6.45, 7) is 7.43. The number of hydrogen-bond acceptors (Lipinski definition) is 5. The van der Waals surface area contributed by atoms with Crippen LogP contribution in [0, 0.1) is 0 Å². The fourth-order valence-corrected chi connectivity index (χ4v) is 4.67. The number of para-hydroxylation sites is 1. The molecule has 0 bridgehead atoms. The van der Waals surface area contributed by atoms with Crippen LogP contribution < -0.4 is 4.90 Å². The van der Waals surface area contributed by atoms with Crippen molar-refractivity contribution in [2.75, 3.05) is 31.1 Å². The molecule has 0 N–H and O–H groups in total. The molecule has 0 unspecified atom stereocenters. The lowest BCUT2D eigenvalue weighted by molar-refractivity contribution is 0.350. The van der Waals surface area contributed by atoms with E-state index >= 15 is 0 Å². The van der Waals surface area contributed by atoms with Crippen molar-refractivity contribution in [3.63, 3.8) is 0 Å². The second-order valence-electron chi connectivity index (χ2n) is 6.54. The predicted molar refractivity (Wildman–Crippen MR) is 108 cm³/mol. The van der Waals surface area contributed by atoms with Crippen LogP contribution in [0.5, 0.6) is 0 Å². The Bertz CT molecular complexity index is 1070. The maximum atomic E-state index is 12.9. The van der Waals surface area contributed by atoms with Gasteiger partial charge in [0.2, 0.25) is 9.84 Å². The van der Waals surface area contributed by atoms with E-state index < -0.39 is 9.84 Å². The van der Waals surface area contributed by atoms with Crippen LogP contribution >= 0.6 is 0 Å². The topological polar surface area (TPSA) is 53.5 Å². The van der Waals surface area contributed by atoms with Crippen LogP contribution in [0.15, 0.2) is 83.4 Å². The molecule has 1 saturated heterocycles. The Morgan fingerprint density at radius 1 is 0.926 bits per heavy atom. The van der Waals surface area contributed by atoms with Gasteiger partial charge < -0.3 is 9.80 Å². The third-order valence-electron chi connectivity index (χ3n) is 4.94. The first-order chi connectivity index (χ1) is 13.1. The first-order valence-electron chi connectivity index (χ1n) is 8.90. The van der Waals surface area contributed by atoms with Crippen molar-refractivity contribution >= 4 is 26.4 Å². The van der Waals surface area contributed by atoms with Gasteiger partial charge in [0, 0.05) is 37.8 Å². The zero-order valence-corrected chi connectivity index (χ0v) is 15.8. The molecule has 0 saturated carbocycles. The Labute approximate surface area is 159 Å². The third-order valence-corrected chi connectivity index (χ3v) is 6.68. The first kappa shape index (κ1) is 17.5. The van der Waals surface area contributed by atoms with Crippen LogP contribution in [-0.4, -0.2) is 44.5 Å². The second kappa shape index (κ2) is 7.04. The monoisotopic (exact) mass is 379 g/mol. The van der Waals surface area contributed by atoms with Crippen molar-refractivity contribution in [2.24, 2.45) is 0 Å². The van der Waals surface area contributed by atoms with Crippen LogP contribution in [0.1, 0.15) is 0 Å². The highest BCUT2D eigenvalue weighted by atomic mass is 32.2. The summed E-state index contributed by atoms with van der Waals surface area (Å²) in [5.74, 6) is 0. The van der Waals surface area contributed by atoms with E-state index in [1.165, 1.54) is 6.20 Å². The van der Waals surface area contributed by atoms with Crippen molar-refractivity contribution in [3.8, 4) is 0 Å². The van der Waals surface area contributed by atoms with E-state index in [4.69, 9.17) is 0 Å². The van der Waals surface area contributed by atoms with Crippen molar-refractivity contribution in [2.45, 2.75) is 9.79 Å². The number of aromatic nitrogens is 1.